The van der Waals surface area contributed by atoms with Gasteiger partial charge in [0.05, 0.1) is 17.8 Å². The molecule has 1 fully saturated rings. The van der Waals surface area contributed by atoms with Crippen LogP contribution in [0.4, 0.5) is 8.78 Å². The van der Waals surface area contributed by atoms with Crippen LogP contribution in [0.3, 0.4) is 0 Å². The van der Waals surface area contributed by atoms with Crippen LogP contribution >= 0.6 is 24.8 Å². The molecule has 10 heteroatoms. The number of nitrogens with zero attached hydrogens (tertiary/aromatic N) is 3. The van der Waals surface area contributed by atoms with Gasteiger partial charge in [0.25, 0.3) is 0 Å². The van der Waals surface area contributed by atoms with Crippen LogP contribution in [0.15, 0.2) is 53.3 Å². The van der Waals surface area contributed by atoms with Crippen LogP contribution in [0, 0.1) is 11.6 Å². The monoisotopic (exact) mass is 470 g/mol. The largest absolute Gasteiger partial charge is 0.441 e. The van der Waals surface area contributed by atoms with E-state index >= 15 is 0 Å². The molecule has 1 aliphatic rings. The molecule has 3 heterocycles. The molecule has 0 bridgehead atoms. The van der Waals surface area contributed by atoms with Gasteiger partial charge in [-0.25, -0.2) is 13.8 Å². The Hall–Kier alpha value is -2.55. The molecule has 0 saturated carbocycles. The van der Waals surface area contributed by atoms with E-state index in [-0.39, 0.29) is 54.5 Å². The van der Waals surface area contributed by atoms with Crippen molar-refractivity contribution in [3.63, 3.8) is 0 Å². The summed E-state index contributed by atoms with van der Waals surface area (Å²) in [6.07, 6.45) is 5.39. The first-order valence-corrected chi connectivity index (χ1v) is 9.42. The highest BCUT2D eigenvalue weighted by Gasteiger charge is 2.28. The van der Waals surface area contributed by atoms with Crippen molar-refractivity contribution in [2.75, 3.05) is 19.6 Å². The molecule has 166 valence electrons. The number of pyridine rings is 1. The molecule has 4 rings (SSSR count). The fourth-order valence-corrected chi connectivity index (χ4v) is 3.47. The van der Waals surface area contributed by atoms with Crippen molar-refractivity contribution in [2.45, 2.75) is 18.9 Å². The minimum absolute atomic E-state index is 0. The average Bonchev–Trinajstić information content (AvgIpc) is 3.21. The molecule has 0 radical (unpaired) electrons. The third kappa shape index (κ3) is 5.78. The zero-order valence-electron chi connectivity index (χ0n) is 16.5. The van der Waals surface area contributed by atoms with Gasteiger partial charge in [-0.05, 0) is 23.8 Å². The fraction of sp³-hybridized carbons (Fsp3) is 0.286. The number of benzene rings is 1. The van der Waals surface area contributed by atoms with Crippen LogP contribution in [0.5, 0.6) is 0 Å². The molecule has 31 heavy (non-hydrogen) atoms. The third-order valence-electron chi connectivity index (χ3n) is 4.94. The van der Waals surface area contributed by atoms with E-state index in [0.717, 1.165) is 24.2 Å². The molecule has 2 aromatic heterocycles. The minimum Gasteiger partial charge on any atom is -0.441 e. The number of aromatic nitrogens is 2. The Bertz CT molecular complexity index is 1000. The van der Waals surface area contributed by atoms with Gasteiger partial charge in [0.1, 0.15) is 11.6 Å². The first kappa shape index (κ1) is 24.7. The molecular weight excluding hydrogens is 449 g/mol. The summed E-state index contributed by atoms with van der Waals surface area (Å²) in [5, 5.41) is 3.31. The number of halogens is 4. The van der Waals surface area contributed by atoms with Crippen LogP contribution in [0.1, 0.15) is 23.9 Å². The predicted octanol–water partition coefficient (Wildman–Crippen LogP) is 3.96. The molecule has 1 atom stereocenters. The second-order valence-electron chi connectivity index (χ2n) is 6.84. The first-order chi connectivity index (χ1) is 14.1. The van der Waals surface area contributed by atoms with E-state index in [9.17, 15) is 13.6 Å². The third-order valence-corrected chi connectivity index (χ3v) is 4.94. The van der Waals surface area contributed by atoms with Gasteiger partial charge in [0.15, 0.2) is 11.7 Å². The standard InChI is InChI=1S/C21H20F2N4O2.2ClH/c22-15-3-4-16(17(23)10-15)19-13-26-20(29-19)5-6-21(28)27-9-8-25-12-18(27)14-2-1-7-24-11-14;;/h1-4,7,10-11,13,18,25H,5-6,8-9,12H2;2*1H. The number of rotatable bonds is 5. The summed E-state index contributed by atoms with van der Waals surface area (Å²) in [4.78, 5) is 23.0. The van der Waals surface area contributed by atoms with Crippen molar-refractivity contribution >= 4 is 30.7 Å². The van der Waals surface area contributed by atoms with Gasteiger partial charge in [-0.1, -0.05) is 6.07 Å². The summed E-state index contributed by atoms with van der Waals surface area (Å²) in [7, 11) is 0. The van der Waals surface area contributed by atoms with Gasteiger partial charge < -0.3 is 14.6 Å². The summed E-state index contributed by atoms with van der Waals surface area (Å²) >= 11 is 0. The molecule has 1 saturated heterocycles. The lowest BCUT2D eigenvalue weighted by atomic mass is 10.0. The van der Waals surface area contributed by atoms with Crippen LogP contribution in [0.2, 0.25) is 0 Å². The van der Waals surface area contributed by atoms with E-state index in [1.807, 2.05) is 17.0 Å². The molecule has 0 aliphatic carbocycles. The van der Waals surface area contributed by atoms with Crippen molar-refractivity contribution in [2.24, 2.45) is 0 Å². The van der Waals surface area contributed by atoms with E-state index in [2.05, 4.69) is 15.3 Å². The number of amides is 1. The van der Waals surface area contributed by atoms with Gasteiger partial charge in [0.2, 0.25) is 5.91 Å². The van der Waals surface area contributed by atoms with E-state index in [1.54, 1.807) is 12.4 Å². The Morgan fingerprint density at radius 1 is 1.23 bits per heavy atom. The molecule has 1 N–H and O–H groups in total. The van der Waals surface area contributed by atoms with E-state index in [4.69, 9.17) is 4.42 Å². The smallest absolute Gasteiger partial charge is 0.223 e. The number of aryl methyl sites for hydroxylation is 1. The molecule has 1 aromatic carbocycles. The van der Waals surface area contributed by atoms with Crippen molar-refractivity contribution in [1.82, 2.24) is 20.2 Å². The second kappa shape index (κ2) is 11.2. The van der Waals surface area contributed by atoms with Crippen molar-refractivity contribution in [3.8, 4) is 11.3 Å². The Balaban J connectivity index is 0.00000171. The van der Waals surface area contributed by atoms with E-state index in [1.165, 1.54) is 12.3 Å². The summed E-state index contributed by atoms with van der Waals surface area (Å²) < 4.78 is 32.6. The van der Waals surface area contributed by atoms with Gasteiger partial charge >= 0.3 is 0 Å². The lowest BCUT2D eigenvalue weighted by molar-refractivity contribution is -0.134. The van der Waals surface area contributed by atoms with E-state index in [0.29, 0.717) is 25.4 Å². The summed E-state index contributed by atoms with van der Waals surface area (Å²) in [6, 6.07) is 7.01. The molecule has 0 spiro atoms. The van der Waals surface area contributed by atoms with Gasteiger partial charge in [-0.15, -0.1) is 24.8 Å². The topological polar surface area (TPSA) is 71.3 Å². The molecule has 3 aromatic rings. The maximum absolute atomic E-state index is 13.9. The molecule has 1 amide bonds. The van der Waals surface area contributed by atoms with Crippen molar-refractivity contribution in [3.05, 3.63) is 72.0 Å². The lowest BCUT2D eigenvalue weighted by Gasteiger charge is -2.36. The zero-order valence-corrected chi connectivity index (χ0v) is 18.1. The minimum atomic E-state index is -0.719. The number of nitrogens with one attached hydrogen (secondary N) is 1. The summed E-state index contributed by atoms with van der Waals surface area (Å²) in [6.45, 7) is 2.01. The Morgan fingerprint density at radius 3 is 2.81 bits per heavy atom. The molecule has 1 unspecified atom stereocenters. The summed E-state index contributed by atoms with van der Waals surface area (Å²) in [5.41, 5.74) is 1.12. The number of carbonyl (C=O) groups is 1. The Labute approximate surface area is 190 Å². The van der Waals surface area contributed by atoms with Gasteiger partial charge in [-0.2, -0.15) is 0 Å². The number of carbonyl (C=O) groups excluding carboxylic acids is 1. The highest BCUT2D eigenvalue weighted by atomic mass is 35.5. The molecule has 1 aliphatic heterocycles. The maximum Gasteiger partial charge on any atom is 0.223 e. The first-order valence-electron chi connectivity index (χ1n) is 9.42. The van der Waals surface area contributed by atoms with E-state index < -0.39 is 11.6 Å². The number of hydrogen-bond donors (Lipinski definition) is 1. The van der Waals surface area contributed by atoms with Gasteiger partial charge in [0, 0.05) is 50.9 Å². The van der Waals surface area contributed by atoms with Crippen LogP contribution in [-0.4, -0.2) is 40.4 Å². The second-order valence-corrected chi connectivity index (χ2v) is 6.84. The number of hydrogen-bond acceptors (Lipinski definition) is 5. The van der Waals surface area contributed by atoms with Crippen molar-refractivity contribution in [1.29, 1.82) is 0 Å². The van der Waals surface area contributed by atoms with Crippen LogP contribution in [-0.2, 0) is 11.2 Å². The predicted molar refractivity (Wildman–Crippen MR) is 116 cm³/mol. The zero-order chi connectivity index (χ0) is 20.2. The van der Waals surface area contributed by atoms with Crippen molar-refractivity contribution < 1.29 is 18.0 Å². The summed E-state index contributed by atoms with van der Waals surface area (Å²) in [5.74, 6) is -0.835. The Kier molecular flexibility index (Phi) is 8.91. The SMILES string of the molecule is Cl.Cl.O=C(CCc1ncc(-c2ccc(F)cc2F)o1)N1CCNCC1c1cccnc1. The average molecular weight is 471 g/mol. The quantitative estimate of drug-likeness (QED) is 0.610. The van der Waals surface area contributed by atoms with Crippen LogP contribution in [0.25, 0.3) is 11.3 Å². The Morgan fingerprint density at radius 2 is 2.06 bits per heavy atom. The maximum atomic E-state index is 13.9. The highest BCUT2D eigenvalue weighted by molar-refractivity contribution is 5.85. The normalized spacial score (nSPS) is 15.7. The molecule has 6 nitrogen and oxygen atoms in total. The van der Waals surface area contributed by atoms with Gasteiger partial charge in [-0.3, -0.25) is 9.78 Å². The fourth-order valence-electron chi connectivity index (χ4n) is 3.47. The highest BCUT2D eigenvalue weighted by Crippen LogP contribution is 2.26. The lowest BCUT2D eigenvalue weighted by Crippen LogP contribution is -2.48. The molecular formula is C21H22Cl2F2N4O2. The van der Waals surface area contributed by atoms with Crippen LogP contribution < -0.4 is 5.32 Å². The number of piperazine rings is 1. The number of oxazole rings is 1.